The molecule has 1 aromatic carbocycles. The van der Waals surface area contributed by atoms with Crippen LogP contribution in [0.3, 0.4) is 0 Å². The second-order valence-corrected chi connectivity index (χ2v) is 5.80. The maximum atomic E-state index is 5.19. The normalized spacial score (nSPS) is 11.0. The highest BCUT2D eigenvalue weighted by molar-refractivity contribution is 7.98. The summed E-state index contributed by atoms with van der Waals surface area (Å²) in [4.78, 5) is 0. The molecule has 0 unspecified atom stereocenters. The minimum absolute atomic E-state index is 0.770. The zero-order valence-electron chi connectivity index (χ0n) is 12.2. The van der Waals surface area contributed by atoms with Gasteiger partial charge in [-0.2, -0.15) is 0 Å². The Kier molecular flexibility index (Phi) is 3.79. The fourth-order valence-corrected chi connectivity index (χ4v) is 3.24. The van der Waals surface area contributed by atoms with Crippen molar-refractivity contribution >= 4 is 11.8 Å². The number of para-hydroxylation sites is 1. The van der Waals surface area contributed by atoms with E-state index in [0.717, 1.165) is 33.6 Å². The van der Waals surface area contributed by atoms with E-state index in [-0.39, 0.29) is 0 Å². The number of nitrogens with zero attached hydrogens (tertiary/aromatic N) is 4. The molecule has 0 saturated carbocycles. The van der Waals surface area contributed by atoms with Gasteiger partial charge >= 0.3 is 0 Å². The number of benzene rings is 1. The Morgan fingerprint density at radius 1 is 1.19 bits per heavy atom. The molecule has 0 aliphatic rings. The highest BCUT2D eigenvalue weighted by atomic mass is 32.2. The van der Waals surface area contributed by atoms with Crippen molar-refractivity contribution in [1.82, 2.24) is 19.9 Å². The van der Waals surface area contributed by atoms with E-state index in [1.165, 1.54) is 5.56 Å². The van der Waals surface area contributed by atoms with Gasteiger partial charge in [-0.25, -0.2) is 0 Å². The first-order valence-electron chi connectivity index (χ1n) is 6.67. The molecule has 3 rings (SSSR count). The van der Waals surface area contributed by atoms with Crippen molar-refractivity contribution in [2.45, 2.75) is 31.7 Å². The summed E-state index contributed by atoms with van der Waals surface area (Å²) in [5.74, 6) is 1.63. The van der Waals surface area contributed by atoms with Gasteiger partial charge in [-0.05, 0) is 32.4 Å². The average molecular weight is 300 g/mol. The Labute approximate surface area is 127 Å². The van der Waals surface area contributed by atoms with Crippen LogP contribution in [0, 0.1) is 20.8 Å². The summed E-state index contributed by atoms with van der Waals surface area (Å²) >= 11 is 1.63. The van der Waals surface area contributed by atoms with Gasteiger partial charge in [-0.15, -0.1) is 10.2 Å². The van der Waals surface area contributed by atoms with E-state index < -0.39 is 0 Å². The standard InChI is InChI=1S/C15H16N4OS/c1-10-6-4-5-7-14(10)19-9-16-17-15(19)21-8-13-11(2)18-20-12(13)3/h4-7,9H,8H2,1-3H3. The molecule has 3 aromatic rings. The van der Waals surface area contributed by atoms with Crippen LogP contribution in [0.2, 0.25) is 0 Å². The number of hydrogen-bond donors (Lipinski definition) is 0. The quantitative estimate of drug-likeness (QED) is 0.690. The first kappa shape index (κ1) is 13.9. The lowest BCUT2D eigenvalue weighted by molar-refractivity contribution is 0.392. The zero-order valence-corrected chi connectivity index (χ0v) is 13.0. The van der Waals surface area contributed by atoms with Gasteiger partial charge in [0.05, 0.1) is 11.4 Å². The molecule has 21 heavy (non-hydrogen) atoms. The van der Waals surface area contributed by atoms with Gasteiger partial charge in [-0.1, -0.05) is 35.1 Å². The van der Waals surface area contributed by atoms with Gasteiger partial charge in [0.25, 0.3) is 0 Å². The molecule has 0 N–H and O–H groups in total. The molecule has 0 radical (unpaired) electrons. The van der Waals surface area contributed by atoms with Crippen LogP contribution in [-0.2, 0) is 5.75 Å². The van der Waals surface area contributed by atoms with Gasteiger partial charge in [0.15, 0.2) is 5.16 Å². The van der Waals surface area contributed by atoms with Crippen LogP contribution < -0.4 is 0 Å². The van der Waals surface area contributed by atoms with E-state index in [1.807, 2.05) is 30.5 Å². The van der Waals surface area contributed by atoms with E-state index in [4.69, 9.17) is 4.52 Å². The molecule has 108 valence electrons. The lowest BCUT2D eigenvalue weighted by Gasteiger charge is -2.08. The van der Waals surface area contributed by atoms with Crippen molar-refractivity contribution in [3.63, 3.8) is 0 Å². The maximum absolute atomic E-state index is 5.19. The fourth-order valence-electron chi connectivity index (χ4n) is 2.17. The van der Waals surface area contributed by atoms with Crippen molar-refractivity contribution in [2.75, 3.05) is 0 Å². The van der Waals surface area contributed by atoms with Crippen LogP contribution in [0.15, 0.2) is 40.3 Å². The Morgan fingerprint density at radius 3 is 2.71 bits per heavy atom. The van der Waals surface area contributed by atoms with Gasteiger partial charge in [0.2, 0.25) is 0 Å². The summed E-state index contributed by atoms with van der Waals surface area (Å²) in [7, 11) is 0. The number of thioether (sulfide) groups is 1. The van der Waals surface area contributed by atoms with Crippen LogP contribution in [0.5, 0.6) is 0 Å². The fraction of sp³-hybridized carbons (Fsp3) is 0.267. The second-order valence-electron chi connectivity index (χ2n) is 4.86. The summed E-state index contributed by atoms with van der Waals surface area (Å²) in [6.45, 7) is 5.97. The molecule has 0 amide bonds. The van der Waals surface area contributed by atoms with Crippen LogP contribution in [-0.4, -0.2) is 19.9 Å². The Hall–Kier alpha value is -2.08. The number of aryl methyl sites for hydroxylation is 3. The van der Waals surface area contributed by atoms with E-state index in [9.17, 15) is 0 Å². The van der Waals surface area contributed by atoms with Crippen molar-refractivity contribution in [3.8, 4) is 5.69 Å². The van der Waals surface area contributed by atoms with Gasteiger partial charge in [0.1, 0.15) is 12.1 Å². The average Bonchev–Trinajstić information content (AvgIpc) is 3.05. The third-order valence-electron chi connectivity index (χ3n) is 3.42. The lowest BCUT2D eigenvalue weighted by atomic mass is 10.2. The maximum Gasteiger partial charge on any atom is 0.195 e. The highest BCUT2D eigenvalue weighted by Gasteiger charge is 2.13. The van der Waals surface area contributed by atoms with Gasteiger partial charge in [0, 0.05) is 11.3 Å². The van der Waals surface area contributed by atoms with E-state index in [0.29, 0.717) is 0 Å². The van der Waals surface area contributed by atoms with Crippen LogP contribution >= 0.6 is 11.8 Å². The molecular formula is C15H16N4OS. The molecule has 6 heteroatoms. The molecule has 0 saturated heterocycles. The summed E-state index contributed by atoms with van der Waals surface area (Å²) in [5.41, 5.74) is 4.35. The monoisotopic (exact) mass is 300 g/mol. The predicted molar refractivity (Wildman–Crippen MR) is 81.6 cm³/mol. The molecule has 0 spiro atoms. The molecule has 2 aromatic heterocycles. The van der Waals surface area contributed by atoms with Crippen molar-refractivity contribution in [3.05, 3.63) is 53.2 Å². The van der Waals surface area contributed by atoms with Crippen LogP contribution in [0.1, 0.15) is 22.6 Å². The molecule has 0 bridgehead atoms. The topological polar surface area (TPSA) is 56.7 Å². The van der Waals surface area contributed by atoms with Crippen molar-refractivity contribution in [2.24, 2.45) is 0 Å². The zero-order chi connectivity index (χ0) is 14.8. The van der Waals surface area contributed by atoms with Crippen molar-refractivity contribution in [1.29, 1.82) is 0 Å². The Bertz CT molecular complexity index is 743. The van der Waals surface area contributed by atoms with Gasteiger partial charge in [-0.3, -0.25) is 4.57 Å². The molecule has 0 fully saturated rings. The molecule has 2 heterocycles. The van der Waals surface area contributed by atoms with Gasteiger partial charge < -0.3 is 4.52 Å². The molecule has 5 nitrogen and oxygen atoms in total. The summed E-state index contributed by atoms with van der Waals surface area (Å²) < 4.78 is 7.21. The third kappa shape index (κ3) is 2.71. The van der Waals surface area contributed by atoms with E-state index >= 15 is 0 Å². The summed E-state index contributed by atoms with van der Waals surface area (Å²) in [5, 5.41) is 13.1. The molecule has 0 aliphatic heterocycles. The molecular weight excluding hydrogens is 284 g/mol. The summed E-state index contributed by atoms with van der Waals surface area (Å²) in [6.07, 6.45) is 1.75. The van der Waals surface area contributed by atoms with E-state index in [2.05, 4.69) is 34.4 Å². The van der Waals surface area contributed by atoms with Crippen LogP contribution in [0.25, 0.3) is 5.69 Å². The molecule has 0 atom stereocenters. The minimum Gasteiger partial charge on any atom is -0.361 e. The smallest absolute Gasteiger partial charge is 0.195 e. The minimum atomic E-state index is 0.770. The number of aromatic nitrogens is 4. The first-order chi connectivity index (χ1) is 10.2. The Balaban J connectivity index is 1.85. The molecule has 0 aliphatic carbocycles. The van der Waals surface area contributed by atoms with Crippen LogP contribution in [0.4, 0.5) is 0 Å². The number of rotatable bonds is 4. The van der Waals surface area contributed by atoms with Crippen molar-refractivity contribution < 1.29 is 4.52 Å². The summed E-state index contributed by atoms with van der Waals surface area (Å²) in [6, 6.07) is 8.20. The Morgan fingerprint density at radius 2 is 2.00 bits per heavy atom. The van der Waals surface area contributed by atoms with E-state index in [1.54, 1.807) is 18.1 Å². The third-order valence-corrected chi connectivity index (χ3v) is 4.39. The first-order valence-corrected chi connectivity index (χ1v) is 7.66. The number of hydrogen-bond acceptors (Lipinski definition) is 5. The predicted octanol–water partition coefficient (Wildman–Crippen LogP) is 3.47. The highest BCUT2D eigenvalue weighted by Crippen LogP contribution is 2.27. The SMILES string of the molecule is Cc1ccccc1-n1cnnc1SCc1c(C)noc1C. The largest absolute Gasteiger partial charge is 0.361 e. The lowest BCUT2D eigenvalue weighted by Crippen LogP contribution is -1.98. The second kappa shape index (κ2) is 5.73.